The van der Waals surface area contributed by atoms with Crippen LogP contribution in [0.4, 0.5) is 5.69 Å². The molecule has 0 saturated carbocycles. The van der Waals surface area contributed by atoms with Gasteiger partial charge in [-0.3, -0.25) is 4.79 Å². The quantitative estimate of drug-likeness (QED) is 0.715. The fourth-order valence-corrected chi connectivity index (χ4v) is 3.24. The summed E-state index contributed by atoms with van der Waals surface area (Å²) >= 11 is 14.5. The van der Waals surface area contributed by atoms with Crippen LogP contribution >= 0.6 is 39.7 Å². The number of halogens is 2. The minimum absolute atomic E-state index is 0.169. The van der Waals surface area contributed by atoms with Crippen LogP contribution in [-0.2, 0) is 11.2 Å². The van der Waals surface area contributed by atoms with E-state index in [9.17, 15) is 4.79 Å². The summed E-state index contributed by atoms with van der Waals surface area (Å²) in [5, 5.41) is 6.72. The fourth-order valence-electron chi connectivity index (χ4n) is 2.21. The lowest BCUT2D eigenvalue weighted by atomic mass is 10.1. The van der Waals surface area contributed by atoms with E-state index in [0.29, 0.717) is 5.02 Å². The number of nitrogens with one attached hydrogen (secondary N) is 2. The second-order valence-electron chi connectivity index (χ2n) is 5.22. The standard InChI is InChI=1S/C17H16BrClN2OS/c1-10-7-13(18)8-11(2)16(10)21-17(23)20-15(22)9-12-3-5-14(19)6-4-12/h3-8H,9H2,1-2H3,(H2,20,21,22,23). The molecular formula is C17H16BrClN2OS. The smallest absolute Gasteiger partial charge is 0.230 e. The Morgan fingerprint density at radius 2 is 1.74 bits per heavy atom. The molecule has 23 heavy (non-hydrogen) atoms. The molecule has 0 spiro atoms. The van der Waals surface area contributed by atoms with Crippen molar-refractivity contribution in [2.24, 2.45) is 0 Å². The normalized spacial score (nSPS) is 10.3. The van der Waals surface area contributed by atoms with E-state index in [0.717, 1.165) is 26.9 Å². The van der Waals surface area contributed by atoms with Crippen molar-refractivity contribution in [3.05, 3.63) is 62.6 Å². The van der Waals surface area contributed by atoms with Crippen molar-refractivity contribution < 1.29 is 4.79 Å². The molecule has 6 heteroatoms. The molecular weight excluding hydrogens is 396 g/mol. The first-order valence-electron chi connectivity index (χ1n) is 6.97. The molecule has 0 saturated heterocycles. The Hall–Kier alpha value is -1.43. The van der Waals surface area contributed by atoms with E-state index in [1.54, 1.807) is 12.1 Å². The van der Waals surface area contributed by atoms with E-state index in [1.165, 1.54) is 0 Å². The average Bonchev–Trinajstić information content (AvgIpc) is 2.45. The first kappa shape index (κ1) is 17.9. The van der Waals surface area contributed by atoms with Gasteiger partial charge in [-0.2, -0.15) is 0 Å². The van der Waals surface area contributed by atoms with Gasteiger partial charge in [0.15, 0.2) is 5.11 Å². The number of carbonyl (C=O) groups is 1. The number of anilines is 1. The maximum Gasteiger partial charge on any atom is 0.230 e. The molecule has 2 aromatic rings. The van der Waals surface area contributed by atoms with Gasteiger partial charge >= 0.3 is 0 Å². The number of hydrogen-bond donors (Lipinski definition) is 2. The van der Waals surface area contributed by atoms with Gasteiger partial charge in [0.2, 0.25) is 5.91 Å². The number of benzene rings is 2. The van der Waals surface area contributed by atoms with Crippen molar-refractivity contribution in [1.82, 2.24) is 5.32 Å². The molecule has 1 amide bonds. The topological polar surface area (TPSA) is 41.1 Å². The Labute approximate surface area is 154 Å². The highest BCUT2D eigenvalue weighted by Gasteiger charge is 2.09. The Morgan fingerprint density at radius 3 is 2.30 bits per heavy atom. The summed E-state index contributed by atoms with van der Waals surface area (Å²) in [4.78, 5) is 12.0. The zero-order valence-electron chi connectivity index (χ0n) is 12.7. The summed E-state index contributed by atoms with van der Waals surface area (Å²) in [6, 6.07) is 11.1. The molecule has 0 fully saturated rings. The molecule has 0 aliphatic heterocycles. The summed E-state index contributed by atoms with van der Waals surface area (Å²) < 4.78 is 1.01. The maximum absolute atomic E-state index is 12.0. The molecule has 0 aromatic heterocycles. The predicted octanol–water partition coefficient (Wildman–Crippen LogP) is 4.78. The van der Waals surface area contributed by atoms with E-state index in [-0.39, 0.29) is 17.4 Å². The Kier molecular flexibility index (Phi) is 6.16. The van der Waals surface area contributed by atoms with Crippen LogP contribution in [0.3, 0.4) is 0 Å². The van der Waals surface area contributed by atoms with Gasteiger partial charge in [0.25, 0.3) is 0 Å². The third-order valence-corrected chi connectivity index (χ3v) is 4.18. The van der Waals surface area contributed by atoms with Gasteiger partial charge in [0.1, 0.15) is 0 Å². The second kappa shape index (κ2) is 7.90. The highest BCUT2D eigenvalue weighted by atomic mass is 79.9. The fraction of sp³-hybridized carbons (Fsp3) is 0.176. The first-order valence-corrected chi connectivity index (χ1v) is 8.55. The number of amides is 1. The summed E-state index contributed by atoms with van der Waals surface area (Å²) in [6.45, 7) is 3.97. The third-order valence-electron chi connectivity index (χ3n) is 3.27. The molecule has 0 aliphatic rings. The van der Waals surface area contributed by atoms with E-state index >= 15 is 0 Å². The Bertz CT molecular complexity index is 724. The van der Waals surface area contributed by atoms with Crippen LogP contribution in [0.5, 0.6) is 0 Å². The van der Waals surface area contributed by atoms with Gasteiger partial charge in [-0.1, -0.05) is 39.7 Å². The molecule has 0 atom stereocenters. The Morgan fingerprint density at radius 1 is 1.17 bits per heavy atom. The van der Waals surface area contributed by atoms with Crippen LogP contribution in [0.25, 0.3) is 0 Å². The van der Waals surface area contributed by atoms with Crippen LogP contribution < -0.4 is 10.6 Å². The number of aryl methyl sites for hydroxylation is 2. The number of carbonyl (C=O) groups excluding carboxylic acids is 1. The Balaban J connectivity index is 1.97. The van der Waals surface area contributed by atoms with Crippen LogP contribution in [-0.4, -0.2) is 11.0 Å². The monoisotopic (exact) mass is 410 g/mol. The van der Waals surface area contributed by atoms with Gasteiger partial charge in [-0.05, 0) is 67.0 Å². The van der Waals surface area contributed by atoms with Crippen molar-refractivity contribution in [1.29, 1.82) is 0 Å². The van der Waals surface area contributed by atoms with Gasteiger partial charge in [0.05, 0.1) is 6.42 Å². The predicted molar refractivity (Wildman–Crippen MR) is 103 cm³/mol. The van der Waals surface area contributed by atoms with Crippen LogP contribution in [0, 0.1) is 13.8 Å². The second-order valence-corrected chi connectivity index (χ2v) is 6.98. The molecule has 2 rings (SSSR count). The minimum atomic E-state index is -0.169. The largest absolute Gasteiger partial charge is 0.332 e. The van der Waals surface area contributed by atoms with Crippen molar-refractivity contribution in [2.75, 3.05) is 5.32 Å². The molecule has 0 bridgehead atoms. The zero-order valence-corrected chi connectivity index (χ0v) is 15.9. The average molecular weight is 412 g/mol. The molecule has 120 valence electrons. The van der Waals surface area contributed by atoms with Gasteiger partial charge in [0, 0.05) is 15.2 Å². The van der Waals surface area contributed by atoms with Gasteiger partial charge in [-0.15, -0.1) is 0 Å². The number of hydrogen-bond acceptors (Lipinski definition) is 2. The molecule has 3 nitrogen and oxygen atoms in total. The summed E-state index contributed by atoms with van der Waals surface area (Å²) in [5.41, 5.74) is 3.88. The maximum atomic E-state index is 12.0. The van der Waals surface area contributed by atoms with Gasteiger partial charge < -0.3 is 10.6 Å². The van der Waals surface area contributed by atoms with E-state index < -0.39 is 0 Å². The number of rotatable bonds is 3. The van der Waals surface area contributed by atoms with Crippen molar-refractivity contribution in [3.63, 3.8) is 0 Å². The first-order chi connectivity index (χ1) is 10.8. The summed E-state index contributed by atoms with van der Waals surface area (Å²) in [6.07, 6.45) is 0.247. The lowest BCUT2D eigenvalue weighted by Gasteiger charge is -2.14. The van der Waals surface area contributed by atoms with Crippen LogP contribution in [0.1, 0.15) is 16.7 Å². The third kappa shape index (κ3) is 5.30. The highest BCUT2D eigenvalue weighted by Crippen LogP contribution is 2.25. The molecule has 0 heterocycles. The molecule has 0 aliphatic carbocycles. The van der Waals surface area contributed by atoms with E-state index in [2.05, 4.69) is 26.6 Å². The van der Waals surface area contributed by atoms with Crippen LogP contribution in [0.2, 0.25) is 5.02 Å². The lowest BCUT2D eigenvalue weighted by molar-refractivity contribution is -0.119. The van der Waals surface area contributed by atoms with E-state index in [1.807, 2.05) is 38.1 Å². The van der Waals surface area contributed by atoms with Crippen molar-refractivity contribution >= 4 is 56.5 Å². The molecule has 2 N–H and O–H groups in total. The zero-order chi connectivity index (χ0) is 17.0. The van der Waals surface area contributed by atoms with Crippen molar-refractivity contribution in [2.45, 2.75) is 20.3 Å². The van der Waals surface area contributed by atoms with Gasteiger partial charge in [-0.25, -0.2) is 0 Å². The molecule has 0 radical (unpaired) electrons. The summed E-state index contributed by atoms with van der Waals surface area (Å²) in [5.74, 6) is -0.169. The molecule has 2 aromatic carbocycles. The molecule has 0 unspecified atom stereocenters. The van der Waals surface area contributed by atoms with Crippen molar-refractivity contribution in [3.8, 4) is 0 Å². The number of thiocarbonyl (C=S) groups is 1. The van der Waals surface area contributed by atoms with Crippen LogP contribution in [0.15, 0.2) is 40.9 Å². The summed E-state index contributed by atoms with van der Waals surface area (Å²) in [7, 11) is 0. The lowest BCUT2D eigenvalue weighted by Crippen LogP contribution is -2.35. The SMILES string of the molecule is Cc1cc(Br)cc(C)c1NC(=S)NC(=O)Cc1ccc(Cl)cc1. The minimum Gasteiger partial charge on any atom is -0.332 e. The highest BCUT2D eigenvalue weighted by molar-refractivity contribution is 9.10. The van der Waals surface area contributed by atoms with E-state index in [4.69, 9.17) is 23.8 Å².